The van der Waals surface area contributed by atoms with Crippen molar-refractivity contribution in [1.29, 1.82) is 0 Å². The van der Waals surface area contributed by atoms with Crippen LogP contribution in [0.5, 0.6) is 0 Å². The van der Waals surface area contributed by atoms with Gasteiger partial charge in [-0.15, -0.1) is 0 Å². The number of primary amides is 1. The van der Waals surface area contributed by atoms with E-state index < -0.39 is 17.9 Å². The summed E-state index contributed by atoms with van der Waals surface area (Å²) in [7, 11) is 0. The predicted octanol–water partition coefficient (Wildman–Crippen LogP) is -0.376. The highest BCUT2D eigenvalue weighted by Gasteiger charge is 2.15. The number of carbonyl (C=O) groups is 2. The van der Waals surface area contributed by atoms with Crippen molar-refractivity contribution < 1.29 is 9.59 Å². The van der Waals surface area contributed by atoms with Crippen molar-refractivity contribution in [3.05, 3.63) is 22.8 Å². The second-order valence-electron chi connectivity index (χ2n) is 3.30. The largest absolute Gasteiger partial charge is 0.368 e. The van der Waals surface area contributed by atoms with Crippen molar-refractivity contribution in [2.75, 3.05) is 5.43 Å². The lowest BCUT2D eigenvalue weighted by molar-refractivity contribution is -0.119. The fourth-order valence-electron chi connectivity index (χ4n) is 1.02. The van der Waals surface area contributed by atoms with Gasteiger partial charge < -0.3 is 16.5 Å². The molecule has 1 aromatic heterocycles. The molecule has 6 N–H and O–H groups in total. The van der Waals surface area contributed by atoms with Gasteiger partial charge in [0.05, 0.1) is 10.6 Å². The molecule has 0 radical (unpaired) electrons. The fraction of sp³-hybridized carbons (Fsp3) is 0.222. The molecule has 1 atom stereocenters. The standard InChI is InChI=1S/C9H12ClN5O2/c1-4(7(11)16)14-9(17)5-2-6(10)8(15-12)13-3-5/h2-4H,12H2,1H3,(H2,11,16)(H,13,15)(H,14,17). The lowest BCUT2D eigenvalue weighted by Crippen LogP contribution is -2.42. The molecule has 0 fully saturated rings. The zero-order valence-electron chi connectivity index (χ0n) is 9.03. The summed E-state index contributed by atoms with van der Waals surface area (Å²) in [6.45, 7) is 1.48. The Morgan fingerprint density at radius 3 is 2.65 bits per heavy atom. The first-order valence-electron chi connectivity index (χ1n) is 4.68. The third-order valence-corrected chi connectivity index (χ3v) is 2.30. The van der Waals surface area contributed by atoms with E-state index in [1.54, 1.807) is 0 Å². The molecular formula is C9H12ClN5O2. The van der Waals surface area contributed by atoms with E-state index in [-0.39, 0.29) is 16.4 Å². The van der Waals surface area contributed by atoms with Crippen LogP contribution >= 0.6 is 11.6 Å². The van der Waals surface area contributed by atoms with Crippen molar-refractivity contribution in [2.45, 2.75) is 13.0 Å². The van der Waals surface area contributed by atoms with Crippen LogP contribution in [-0.2, 0) is 4.79 Å². The van der Waals surface area contributed by atoms with Gasteiger partial charge in [-0.05, 0) is 13.0 Å². The first kappa shape index (κ1) is 13.2. The van der Waals surface area contributed by atoms with Gasteiger partial charge in [-0.25, -0.2) is 10.8 Å². The highest BCUT2D eigenvalue weighted by Crippen LogP contribution is 2.18. The summed E-state index contributed by atoms with van der Waals surface area (Å²) in [4.78, 5) is 26.2. The number of carbonyl (C=O) groups excluding carboxylic acids is 2. The molecule has 0 aliphatic heterocycles. The van der Waals surface area contributed by atoms with E-state index in [1.165, 1.54) is 19.2 Å². The number of amides is 2. The number of nitrogen functional groups attached to an aromatic ring is 1. The summed E-state index contributed by atoms with van der Waals surface area (Å²) < 4.78 is 0. The van der Waals surface area contributed by atoms with Gasteiger partial charge in [-0.3, -0.25) is 9.59 Å². The molecule has 1 aromatic rings. The predicted molar refractivity (Wildman–Crippen MR) is 63.2 cm³/mol. The van der Waals surface area contributed by atoms with Crippen LogP contribution < -0.4 is 22.3 Å². The van der Waals surface area contributed by atoms with E-state index in [9.17, 15) is 9.59 Å². The van der Waals surface area contributed by atoms with Gasteiger partial charge in [0.1, 0.15) is 6.04 Å². The number of hydrazine groups is 1. The molecular weight excluding hydrogens is 246 g/mol. The van der Waals surface area contributed by atoms with Crippen LogP contribution in [-0.4, -0.2) is 22.8 Å². The van der Waals surface area contributed by atoms with Gasteiger partial charge in [0, 0.05) is 6.20 Å². The molecule has 92 valence electrons. The number of nitrogens with one attached hydrogen (secondary N) is 2. The molecule has 2 amide bonds. The van der Waals surface area contributed by atoms with Gasteiger partial charge in [0.15, 0.2) is 5.82 Å². The minimum atomic E-state index is -0.770. The Bertz CT molecular complexity index is 451. The van der Waals surface area contributed by atoms with Crippen LogP contribution in [0.3, 0.4) is 0 Å². The highest BCUT2D eigenvalue weighted by atomic mass is 35.5. The highest BCUT2D eigenvalue weighted by molar-refractivity contribution is 6.33. The first-order chi connectivity index (χ1) is 7.95. The van der Waals surface area contributed by atoms with Crippen molar-refractivity contribution in [3.8, 4) is 0 Å². The Morgan fingerprint density at radius 2 is 2.18 bits per heavy atom. The zero-order valence-corrected chi connectivity index (χ0v) is 9.78. The molecule has 1 heterocycles. The number of hydrogen-bond acceptors (Lipinski definition) is 5. The van der Waals surface area contributed by atoms with E-state index in [1.807, 2.05) is 0 Å². The van der Waals surface area contributed by atoms with Crippen LogP contribution in [0.25, 0.3) is 0 Å². The normalized spacial score (nSPS) is 11.7. The van der Waals surface area contributed by atoms with Crippen molar-refractivity contribution >= 4 is 29.2 Å². The number of rotatable bonds is 4. The lowest BCUT2D eigenvalue weighted by atomic mass is 10.2. The molecule has 0 aliphatic carbocycles. The van der Waals surface area contributed by atoms with Gasteiger partial charge >= 0.3 is 0 Å². The van der Waals surface area contributed by atoms with Gasteiger partial charge in [-0.1, -0.05) is 11.6 Å². The SMILES string of the molecule is CC(NC(=O)c1cnc(NN)c(Cl)c1)C(N)=O. The van der Waals surface area contributed by atoms with Crippen LogP contribution in [0, 0.1) is 0 Å². The van der Waals surface area contributed by atoms with Crippen LogP contribution in [0.2, 0.25) is 5.02 Å². The molecule has 0 saturated carbocycles. The topological polar surface area (TPSA) is 123 Å². The maximum Gasteiger partial charge on any atom is 0.253 e. The van der Waals surface area contributed by atoms with Gasteiger partial charge in [-0.2, -0.15) is 0 Å². The average molecular weight is 258 g/mol. The van der Waals surface area contributed by atoms with Gasteiger partial charge in [0.25, 0.3) is 5.91 Å². The number of halogens is 1. The molecule has 0 saturated heterocycles. The van der Waals surface area contributed by atoms with Crippen LogP contribution in [0.1, 0.15) is 17.3 Å². The number of anilines is 1. The molecule has 1 rings (SSSR count). The van der Waals surface area contributed by atoms with E-state index in [0.717, 1.165) is 0 Å². The Kier molecular flexibility index (Phi) is 4.24. The number of nitrogens with two attached hydrogens (primary N) is 2. The molecule has 0 aromatic carbocycles. The van der Waals surface area contributed by atoms with Crippen molar-refractivity contribution in [1.82, 2.24) is 10.3 Å². The Hall–Kier alpha value is -1.86. The maximum absolute atomic E-state index is 11.6. The van der Waals surface area contributed by atoms with Gasteiger partial charge in [0.2, 0.25) is 5.91 Å². The van der Waals surface area contributed by atoms with E-state index in [4.69, 9.17) is 23.2 Å². The van der Waals surface area contributed by atoms with Crippen molar-refractivity contribution in [2.24, 2.45) is 11.6 Å². The monoisotopic (exact) mass is 257 g/mol. The third-order valence-electron chi connectivity index (χ3n) is 2.01. The van der Waals surface area contributed by atoms with Crippen LogP contribution in [0.4, 0.5) is 5.82 Å². The number of hydrogen-bond donors (Lipinski definition) is 4. The Balaban J connectivity index is 2.83. The minimum absolute atomic E-state index is 0.201. The second kappa shape index (κ2) is 5.46. The lowest BCUT2D eigenvalue weighted by Gasteiger charge is -2.10. The zero-order chi connectivity index (χ0) is 13.0. The summed E-state index contributed by atoms with van der Waals surface area (Å²) in [5.41, 5.74) is 7.50. The fourth-order valence-corrected chi connectivity index (χ4v) is 1.24. The van der Waals surface area contributed by atoms with E-state index >= 15 is 0 Å². The molecule has 0 bridgehead atoms. The second-order valence-corrected chi connectivity index (χ2v) is 3.70. The summed E-state index contributed by atoms with van der Waals surface area (Å²) in [6.07, 6.45) is 1.28. The summed E-state index contributed by atoms with van der Waals surface area (Å²) in [5.74, 6) is 4.28. The van der Waals surface area contributed by atoms with Crippen molar-refractivity contribution in [3.63, 3.8) is 0 Å². The van der Waals surface area contributed by atoms with Crippen LogP contribution in [0.15, 0.2) is 12.3 Å². The van der Waals surface area contributed by atoms with E-state index in [2.05, 4.69) is 15.7 Å². The number of aromatic nitrogens is 1. The molecule has 1 unspecified atom stereocenters. The molecule has 0 aliphatic rings. The number of nitrogens with zero attached hydrogens (tertiary/aromatic N) is 1. The molecule has 8 heteroatoms. The maximum atomic E-state index is 11.6. The smallest absolute Gasteiger partial charge is 0.253 e. The molecule has 0 spiro atoms. The minimum Gasteiger partial charge on any atom is -0.368 e. The summed E-state index contributed by atoms with van der Waals surface area (Å²) >= 11 is 5.80. The average Bonchev–Trinajstić information content (AvgIpc) is 2.28. The summed E-state index contributed by atoms with van der Waals surface area (Å²) in [6, 6.07) is 0.612. The Labute approximate surface area is 102 Å². The third kappa shape index (κ3) is 3.30. The number of pyridine rings is 1. The summed E-state index contributed by atoms with van der Waals surface area (Å²) in [5, 5.41) is 2.60. The Morgan fingerprint density at radius 1 is 1.53 bits per heavy atom. The molecule has 7 nitrogen and oxygen atoms in total. The quantitative estimate of drug-likeness (QED) is 0.433. The van der Waals surface area contributed by atoms with E-state index in [0.29, 0.717) is 0 Å². The molecule has 17 heavy (non-hydrogen) atoms. The first-order valence-corrected chi connectivity index (χ1v) is 5.06.